The number of hydrogen-bond donors (Lipinski definition) is 0. The molecule has 1 aliphatic rings. The molecule has 0 aliphatic heterocycles. The first-order valence-electron chi connectivity index (χ1n) is 9.80. The fourth-order valence-electron chi connectivity index (χ4n) is 3.79. The Labute approximate surface area is 158 Å². The van der Waals surface area contributed by atoms with Gasteiger partial charge in [-0.1, -0.05) is 60.7 Å². The highest BCUT2D eigenvalue weighted by Gasteiger charge is 2.20. The van der Waals surface area contributed by atoms with Crippen LogP contribution in [0.2, 0.25) is 0 Å². The lowest BCUT2D eigenvalue weighted by Crippen LogP contribution is -2.11. The first-order valence-corrected chi connectivity index (χ1v) is 9.80. The predicted octanol–water partition coefficient (Wildman–Crippen LogP) is 6.91. The molecule has 0 bridgehead atoms. The van der Waals surface area contributed by atoms with Gasteiger partial charge in [-0.2, -0.15) is 0 Å². The Morgan fingerprint density at radius 2 is 1.46 bits per heavy atom. The predicted molar refractivity (Wildman–Crippen MR) is 111 cm³/mol. The second-order valence-corrected chi connectivity index (χ2v) is 7.30. The van der Waals surface area contributed by atoms with Crippen molar-refractivity contribution in [1.82, 2.24) is 0 Å². The summed E-state index contributed by atoms with van der Waals surface area (Å²) in [6.07, 6.45) is 10.1. The molecule has 3 rings (SSSR count). The van der Waals surface area contributed by atoms with Gasteiger partial charge in [-0.25, -0.2) is 0 Å². The first-order chi connectivity index (χ1) is 12.8. The van der Waals surface area contributed by atoms with Crippen molar-refractivity contribution >= 4 is 0 Å². The molecule has 0 N–H and O–H groups in total. The van der Waals surface area contributed by atoms with Gasteiger partial charge in [0.05, 0.1) is 13.2 Å². The van der Waals surface area contributed by atoms with E-state index in [1.165, 1.54) is 47.9 Å². The van der Waals surface area contributed by atoms with E-state index in [0.717, 1.165) is 24.9 Å². The van der Waals surface area contributed by atoms with Crippen LogP contribution in [0.1, 0.15) is 49.1 Å². The minimum atomic E-state index is 0.667. The molecule has 26 heavy (non-hydrogen) atoms. The molecule has 0 spiro atoms. The Balaban J connectivity index is 1.58. The van der Waals surface area contributed by atoms with E-state index in [2.05, 4.69) is 67.8 Å². The lowest BCUT2D eigenvalue weighted by Gasteiger charge is -2.27. The molecule has 0 amide bonds. The second-order valence-electron chi connectivity index (χ2n) is 7.30. The smallest absolute Gasteiger partial charge is 0.0717 e. The Morgan fingerprint density at radius 3 is 2.04 bits per heavy atom. The van der Waals surface area contributed by atoms with E-state index in [9.17, 15) is 0 Å². The fraction of sp³-hybridized carbons (Fsp3) is 0.360. The molecule has 1 aliphatic carbocycles. The maximum atomic E-state index is 5.63. The van der Waals surface area contributed by atoms with E-state index < -0.39 is 0 Å². The average molecular weight is 347 g/mol. The summed E-state index contributed by atoms with van der Waals surface area (Å²) in [7, 11) is 0. The van der Waals surface area contributed by atoms with E-state index in [4.69, 9.17) is 4.74 Å². The maximum absolute atomic E-state index is 5.63. The summed E-state index contributed by atoms with van der Waals surface area (Å²) in [5, 5.41) is 0. The summed E-state index contributed by atoms with van der Waals surface area (Å²) in [4.78, 5) is 0. The maximum Gasteiger partial charge on any atom is 0.0717 e. The summed E-state index contributed by atoms with van der Waals surface area (Å²) < 4.78 is 5.63. The van der Waals surface area contributed by atoms with Crippen molar-refractivity contribution < 1.29 is 4.74 Å². The SMILES string of the molecule is C=CCCOCc1ccc(-c2ccc(C3CCC(C=C)CC3)cc2)cc1. The van der Waals surface area contributed by atoms with E-state index >= 15 is 0 Å². The van der Waals surface area contributed by atoms with Gasteiger partial charge >= 0.3 is 0 Å². The molecule has 136 valence electrons. The molecule has 0 atom stereocenters. The van der Waals surface area contributed by atoms with E-state index in [1.54, 1.807) is 0 Å². The lowest BCUT2D eigenvalue weighted by molar-refractivity contribution is 0.125. The van der Waals surface area contributed by atoms with Crippen molar-refractivity contribution in [3.8, 4) is 11.1 Å². The number of rotatable bonds is 8. The molecule has 0 heterocycles. The highest BCUT2D eigenvalue weighted by molar-refractivity contribution is 5.64. The number of allylic oxidation sites excluding steroid dienone is 1. The molecular weight excluding hydrogens is 316 g/mol. The summed E-state index contributed by atoms with van der Waals surface area (Å²) in [6.45, 7) is 9.06. The summed E-state index contributed by atoms with van der Waals surface area (Å²) >= 11 is 0. The standard InChI is InChI=1S/C25H30O/c1-3-5-18-26-19-21-8-12-23(13-9-21)25-16-14-24(15-17-25)22-10-6-20(4-2)7-11-22/h3-4,8-9,12-17,20,22H,1-2,5-7,10-11,18-19H2. The van der Waals surface area contributed by atoms with Gasteiger partial charge in [-0.3, -0.25) is 0 Å². The summed E-state index contributed by atoms with van der Waals surface area (Å²) in [5.41, 5.74) is 5.26. The van der Waals surface area contributed by atoms with Gasteiger partial charge in [-0.05, 0) is 66.2 Å². The largest absolute Gasteiger partial charge is 0.376 e. The van der Waals surface area contributed by atoms with Crippen LogP contribution < -0.4 is 0 Å². The number of benzene rings is 2. The monoisotopic (exact) mass is 346 g/mol. The number of hydrogen-bond acceptors (Lipinski definition) is 1. The third kappa shape index (κ3) is 4.95. The van der Waals surface area contributed by atoms with Crippen molar-refractivity contribution in [2.45, 2.75) is 44.6 Å². The zero-order chi connectivity index (χ0) is 18.2. The zero-order valence-corrected chi connectivity index (χ0v) is 15.7. The van der Waals surface area contributed by atoms with Crippen molar-refractivity contribution in [1.29, 1.82) is 0 Å². The normalized spacial score (nSPS) is 19.8. The van der Waals surface area contributed by atoms with Gasteiger partial charge in [0.15, 0.2) is 0 Å². The molecule has 2 aromatic rings. The van der Waals surface area contributed by atoms with Gasteiger partial charge in [-0.15, -0.1) is 13.2 Å². The van der Waals surface area contributed by atoms with E-state index in [0.29, 0.717) is 6.61 Å². The molecule has 0 saturated heterocycles. The van der Waals surface area contributed by atoms with Crippen LogP contribution in [0.3, 0.4) is 0 Å². The van der Waals surface area contributed by atoms with E-state index in [1.807, 2.05) is 6.08 Å². The zero-order valence-electron chi connectivity index (χ0n) is 15.7. The average Bonchev–Trinajstić information content (AvgIpc) is 2.72. The third-order valence-corrected chi connectivity index (χ3v) is 5.51. The molecule has 1 saturated carbocycles. The molecule has 0 aromatic heterocycles. The second kappa shape index (κ2) is 9.54. The van der Waals surface area contributed by atoms with Crippen molar-refractivity contribution in [2.24, 2.45) is 5.92 Å². The minimum absolute atomic E-state index is 0.667. The van der Waals surface area contributed by atoms with Crippen LogP contribution in [0, 0.1) is 5.92 Å². The lowest BCUT2D eigenvalue weighted by atomic mass is 9.78. The molecule has 0 unspecified atom stereocenters. The number of ether oxygens (including phenoxy) is 1. The van der Waals surface area contributed by atoms with Crippen LogP contribution >= 0.6 is 0 Å². The van der Waals surface area contributed by atoms with Crippen LogP contribution in [-0.2, 0) is 11.3 Å². The quantitative estimate of drug-likeness (QED) is 0.373. The minimum Gasteiger partial charge on any atom is -0.376 e. The van der Waals surface area contributed by atoms with Crippen molar-refractivity contribution in [3.05, 3.63) is 85.0 Å². The first kappa shape index (κ1) is 18.7. The van der Waals surface area contributed by atoms with Gasteiger partial charge in [0.25, 0.3) is 0 Å². The highest BCUT2D eigenvalue weighted by Crippen LogP contribution is 2.36. The summed E-state index contributed by atoms with van der Waals surface area (Å²) in [5.74, 6) is 1.44. The molecule has 2 aromatic carbocycles. The van der Waals surface area contributed by atoms with Crippen LogP contribution in [0.15, 0.2) is 73.8 Å². The molecule has 1 heteroatoms. The van der Waals surface area contributed by atoms with Gasteiger partial charge in [0.2, 0.25) is 0 Å². The Hall–Kier alpha value is -2.12. The highest BCUT2D eigenvalue weighted by atomic mass is 16.5. The molecule has 0 radical (unpaired) electrons. The molecule has 1 fully saturated rings. The molecule has 1 nitrogen and oxygen atoms in total. The fourth-order valence-corrected chi connectivity index (χ4v) is 3.79. The third-order valence-electron chi connectivity index (χ3n) is 5.51. The van der Waals surface area contributed by atoms with Crippen LogP contribution in [0.4, 0.5) is 0 Å². The summed E-state index contributed by atoms with van der Waals surface area (Å²) in [6, 6.07) is 17.9. The Bertz CT molecular complexity index is 688. The van der Waals surface area contributed by atoms with Crippen LogP contribution in [0.5, 0.6) is 0 Å². The molecular formula is C25H30O. The van der Waals surface area contributed by atoms with E-state index in [-0.39, 0.29) is 0 Å². The topological polar surface area (TPSA) is 9.23 Å². The van der Waals surface area contributed by atoms with Crippen molar-refractivity contribution in [2.75, 3.05) is 6.61 Å². The van der Waals surface area contributed by atoms with Gasteiger partial charge in [0, 0.05) is 0 Å². The van der Waals surface area contributed by atoms with Crippen LogP contribution in [0.25, 0.3) is 11.1 Å². The van der Waals surface area contributed by atoms with Crippen LogP contribution in [-0.4, -0.2) is 6.61 Å². The van der Waals surface area contributed by atoms with Gasteiger partial charge < -0.3 is 4.74 Å². The van der Waals surface area contributed by atoms with Gasteiger partial charge in [0.1, 0.15) is 0 Å². The Kier molecular flexibility index (Phi) is 6.85. The van der Waals surface area contributed by atoms with Crippen molar-refractivity contribution in [3.63, 3.8) is 0 Å². The Morgan fingerprint density at radius 1 is 0.846 bits per heavy atom.